The lowest BCUT2D eigenvalue weighted by Crippen LogP contribution is -2.59. The van der Waals surface area contributed by atoms with Crippen LogP contribution in [0.1, 0.15) is 30.9 Å². The molecule has 0 saturated heterocycles. The van der Waals surface area contributed by atoms with E-state index in [9.17, 15) is 33.6 Å². The second-order valence-electron chi connectivity index (χ2n) is 13.9. The molecule has 4 rings (SSSR count). The Kier molecular flexibility index (Phi) is 17.6. The van der Waals surface area contributed by atoms with Crippen molar-refractivity contribution in [2.45, 2.75) is 62.8 Å². The van der Waals surface area contributed by atoms with Crippen LogP contribution in [0.4, 0.5) is 0 Å². The van der Waals surface area contributed by atoms with Gasteiger partial charge in [-0.05, 0) is 40.8 Å². The summed E-state index contributed by atoms with van der Waals surface area (Å²) in [6, 6.07) is 14.5. The number of fused-ring (bicyclic) bond motifs is 2. The minimum absolute atomic E-state index is 0.00269. The number of aromatic amines is 1. The van der Waals surface area contributed by atoms with Crippen LogP contribution in [0, 0.1) is 0 Å². The molecule has 0 aliphatic carbocycles. The molecule has 0 saturated carbocycles. The predicted octanol–water partition coefficient (Wildman–Crippen LogP) is -0.935. The molecule has 18 nitrogen and oxygen atoms in total. The number of para-hydroxylation sites is 1. The molecule has 1 aromatic heterocycles. The van der Waals surface area contributed by atoms with E-state index in [0.717, 1.165) is 21.7 Å². The lowest BCUT2D eigenvalue weighted by atomic mass is 10.00. The number of rotatable bonds is 22. The van der Waals surface area contributed by atoms with Gasteiger partial charge in [0.15, 0.2) is 5.96 Å². The third-order valence-electron chi connectivity index (χ3n) is 9.36. The normalized spacial score (nSPS) is 13.4. The summed E-state index contributed by atoms with van der Waals surface area (Å²) in [5.41, 5.74) is 18.7. The highest BCUT2D eigenvalue weighted by atomic mass is 32.1. The maximum atomic E-state index is 14.2. The van der Waals surface area contributed by atoms with E-state index < -0.39 is 78.1 Å². The molecule has 320 valence electrons. The summed E-state index contributed by atoms with van der Waals surface area (Å²) in [6.07, 6.45) is 1.88. The summed E-state index contributed by atoms with van der Waals surface area (Å²) >= 11 is 8.22. The molecule has 0 bridgehead atoms. The predicted molar refractivity (Wildman–Crippen MR) is 235 cm³/mol. The van der Waals surface area contributed by atoms with Gasteiger partial charge in [0.25, 0.3) is 0 Å². The Morgan fingerprint density at radius 3 is 1.97 bits per heavy atom. The number of nitrogens with zero attached hydrogens (tertiary/aromatic N) is 1. The van der Waals surface area contributed by atoms with E-state index in [2.05, 4.69) is 67.1 Å². The van der Waals surface area contributed by atoms with E-state index in [1.165, 1.54) is 6.92 Å². The fourth-order valence-electron chi connectivity index (χ4n) is 6.31. The molecule has 0 radical (unpaired) electrons. The molecule has 0 spiro atoms. The Hall–Kier alpha value is -6.28. The largest absolute Gasteiger partial charge is 0.370 e. The van der Waals surface area contributed by atoms with Crippen molar-refractivity contribution < 1.29 is 33.6 Å². The number of guanidine groups is 1. The van der Waals surface area contributed by atoms with Gasteiger partial charge in [0, 0.05) is 54.9 Å². The first-order chi connectivity index (χ1) is 28.7. The Morgan fingerprint density at radius 1 is 0.683 bits per heavy atom. The summed E-state index contributed by atoms with van der Waals surface area (Å²) in [7, 11) is 0. The zero-order valence-corrected chi connectivity index (χ0v) is 34.7. The zero-order chi connectivity index (χ0) is 43.8. The first-order valence-electron chi connectivity index (χ1n) is 19.0. The van der Waals surface area contributed by atoms with Crippen LogP contribution in [0.3, 0.4) is 0 Å². The molecule has 0 aliphatic rings. The number of carbonyl (C=O) groups excluding carboxylic acids is 7. The number of aliphatic imine (C=N–C) groups is 1. The standard InChI is InChI=1S/C40H51N11O7S2/c1-22(52)47-33(21-60)36(55)46-19-34(53)48-30(16-23-12-13-24-7-2-3-8-25(24)15-23)38(57)49-29(11-6-14-44-40(42)43)37(56)50-31(39(58)51-32(20-59)35(41)54)17-26-18-45-28-10-5-4-9-27(26)28/h2-5,7-10,12-13,15,18,29-33,45,59-60H,6,11,14,16-17,19-21H2,1H3,(H2,41,54)(H,46,55)(H,47,52)(H,48,53)(H,49,57)(H,50,56)(H,51,58)(H4,42,43,44)/t29-,30+,31-,32-,33-/m0/s1. The number of carbonyl (C=O) groups is 7. The van der Waals surface area contributed by atoms with E-state index in [1.807, 2.05) is 60.7 Å². The fraction of sp³-hybridized carbons (Fsp3) is 0.350. The van der Waals surface area contributed by atoms with Crippen molar-refractivity contribution in [3.63, 3.8) is 0 Å². The molecule has 1 heterocycles. The molecule has 60 heavy (non-hydrogen) atoms. The van der Waals surface area contributed by atoms with Gasteiger partial charge in [0.2, 0.25) is 41.4 Å². The molecular weight excluding hydrogens is 811 g/mol. The highest BCUT2D eigenvalue weighted by Crippen LogP contribution is 2.20. The summed E-state index contributed by atoms with van der Waals surface area (Å²) in [5.74, 6) is -5.22. The van der Waals surface area contributed by atoms with E-state index >= 15 is 0 Å². The second kappa shape index (κ2) is 22.8. The van der Waals surface area contributed by atoms with Crippen LogP contribution in [-0.2, 0) is 46.4 Å². The van der Waals surface area contributed by atoms with Crippen molar-refractivity contribution in [3.8, 4) is 0 Å². The molecule has 3 aromatic carbocycles. The van der Waals surface area contributed by atoms with Gasteiger partial charge in [-0.25, -0.2) is 0 Å². The van der Waals surface area contributed by atoms with Crippen LogP contribution in [-0.4, -0.2) is 107 Å². The number of aromatic nitrogens is 1. The van der Waals surface area contributed by atoms with Crippen molar-refractivity contribution in [3.05, 3.63) is 84.1 Å². The maximum absolute atomic E-state index is 14.2. The number of nitrogens with two attached hydrogens (primary N) is 3. The lowest BCUT2D eigenvalue weighted by Gasteiger charge is -2.26. The first-order valence-corrected chi connectivity index (χ1v) is 20.3. The number of hydrogen-bond donors (Lipinski definition) is 12. The van der Waals surface area contributed by atoms with E-state index in [4.69, 9.17) is 17.2 Å². The van der Waals surface area contributed by atoms with Crippen molar-refractivity contribution in [1.29, 1.82) is 0 Å². The Morgan fingerprint density at radius 2 is 1.30 bits per heavy atom. The summed E-state index contributed by atoms with van der Waals surface area (Å²) in [6.45, 7) is 0.796. The number of H-pyrrole nitrogens is 1. The minimum atomic E-state index is -1.29. The number of benzene rings is 3. The smallest absolute Gasteiger partial charge is 0.243 e. The number of thiol groups is 2. The Labute approximate surface area is 357 Å². The number of nitrogens with one attached hydrogen (secondary N) is 7. The van der Waals surface area contributed by atoms with E-state index in [1.54, 1.807) is 12.3 Å². The highest BCUT2D eigenvalue weighted by Gasteiger charge is 2.32. The molecule has 0 unspecified atom stereocenters. The Balaban J connectivity index is 1.62. The van der Waals surface area contributed by atoms with Gasteiger partial charge in [0.1, 0.15) is 30.2 Å². The number of hydrogen-bond acceptors (Lipinski definition) is 10. The van der Waals surface area contributed by atoms with Gasteiger partial charge in [-0.2, -0.15) is 25.3 Å². The average Bonchev–Trinajstić information content (AvgIpc) is 3.63. The van der Waals surface area contributed by atoms with Crippen LogP contribution in [0.2, 0.25) is 0 Å². The van der Waals surface area contributed by atoms with Crippen molar-refractivity contribution in [1.82, 2.24) is 36.9 Å². The third kappa shape index (κ3) is 13.9. The van der Waals surface area contributed by atoms with Crippen molar-refractivity contribution in [2.75, 3.05) is 24.6 Å². The first kappa shape index (κ1) is 46.4. The number of amides is 7. The average molecular weight is 862 g/mol. The molecule has 0 aliphatic heterocycles. The minimum Gasteiger partial charge on any atom is -0.370 e. The second-order valence-corrected chi connectivity index (χ2v) is 14.7. The number of primary amides is 1. The van der Waals surface area contributed by atoms with Crippen LogP contribution in [0.25, 0.3) is 21.7 Å². The van der Waals surface area contributed by atoms with Gasteiger partial charge in [-0.1, -0.05) is 60.7 Å². The van der Waals surface area contributed by atoms with Gasteiger partial charge < -0.3 is 54.1 Å². The molecular formula is C40H51N11O7S2. The monoisotopic (exact) mass is 861 g/mol. The Bertz CT molecular complexity index is 2210. The highest BCUT2D eigenvalue weighted by molar-refractivity contribution is 7.80. The van der Waals surface area contributed by atoms with Gasteiger partial charge in [-0.15, -0.1) is 0 Å². The fourth-order valence-corrected chi connectivity index (χ4v) is 6.84. The van der Waals surface area contributed by atoms with Crippen molar-refractivity contribution in [2.24, 2.45) is 22.2 Å². The van der Waals surface area contributed by atoms with E-state index in [-0.39, 0.29) is 49.7 Å². The third-order valence-corrected chi connectivity index (χ3v) is 10.1. The van der Waals surface area contributed by atoms with Crippen LogP contribution in [0.5, 0.6) is 0 Å². The van der Waals surface area contributed by atoms with Crippen LogP contribution >= 0.6 is 25.3 Å². The molecule has 0 fully saturated rings. The zero-order valence-electron chi connectivity index (χ0n) is 32.9. The van der Waals surface area contributed by atoms with Gasteiger partial charge >= 0.3 is 0 Å². The van der Waals surface area contributed by atoms with E-state index in [0.29, 0.717) is 11.1 Å². The maximum Gasteiger partial charge on any atom is 0.243 e. The van der Waals surface area contributed by atoms with Crippen LogP contribution in [0.15, 0.2) is 77.9 Å². The lowest BCUT2D eigenvalue weighted by molar-refractivity contribution is -0.134. The van der Waals surface area contributed by atoms with Crippen molar-refractivity contribution >= 4 is 94.2 Å². The van der Waals surface area contributed by atoms with Gasteiger partial charge in [0.05, 0.1) is 6.54 Å². The summed E-state index contributed by atoms with van der Waals surface area (Å²) in [4.78, 5) is 98.9. The van der Waals surface area contributed by atoms with Gasteiger partial charge in [-0.3, -0.25) is 38.6 Å². The quantitative estimate of drug-likeness (QED) is 0.0201. The molecule has 4 aromatic rings. The summed E-state index contributed by atoms with van der Waals surface area (Å²) < 4.78 is 0. The molecule has 5 atom stereocenters. The topological polar surface area (TPSA) is 298 Å². The van der Waals surface area contributed by atoms with Crippen LogP contribution < -0.4 is 49.1 Å². The molecule has 20 heteroatoms. The summed E-state index contributed by atoms with van der Waals surface area (Å²) in [5, 5.41) is 18.2. The molecule has 7 amide bonds. The molecule has 13 N–H and O–H groups in total. The SMILES string of the molecule is CC(=O)N[C@@H](CS)C(=O)NCC(=O)N[C@H](Cc1ccc2ccccc2c1)C(=O)N[C@@H](CCCN=C(N)N)C(=O)N[C@@H](Cc1c[nH]c2ccccc12)C(=O)N[C@@H](CS)C(N)=O.